The first-order valence-electron chi connectivity index (χ1n) is 11.2. The summed E-state index contributed by atoms with van der Waals surface area (Å²) in [5.74, 6) is -1.76. The van der Waals surface area contributed by atoms with Crippen molar-refractivity contribution in [2.45, 2.75) is 39.7 Å². The van der Waals surface area contributed by atoms with E-state index in [4.69, 9.17) is 20.0 Å². The average Bonchev–Trinajstić information content (AvgIpc) is 3.14. The number of hydrogen-bond donors (Lipinski definition) is 3. The molecule has 1 aromatic carbocycles. The predicted octanol–water partition coefficient (Wildman–Crippen LogP) is 1.97. The first kappa shape index (κ1) is 26.8. The third kappa shape index (κ3) is 7.87. The van der Waals surface area contributed by atoms with Crippen molar-refractivity contribution in [3.8, 4) is 11.5 Å². The average molecular weight is 476 g/mol. The van der Waals surface area contributed by atoms with Crippen LogP contribution in [0.5, 0.6) is 11.5 Å². The fraction of sp³-hybridized carbons (Fsp3) is 0.458. The first-order valence-corrected chi connectivity index (χ1v) is 11.2. The maximum absolute atomic E-state index is 14.6. The highest BCUT2D eigenvalue weighted by molar-refractivity contribution is 6.01. The minimum absolute atomic E-state index is 0.0261. The van der Waals surface area contributed by atoms with Gasteiger partial charge in [-0.2, -0.15) is 4.39 Å². The molecule has 1 atom stereocenters. The number of aliphatic imine (C=N–C) groups is 1. The summed E-state index contributed by atoms with van der Waals surface area (Å²) in [6, 6.07) is 3.61. The van der Waals surface area contributed by atoms with Crippen LogP contribution in [0.15, 0.2) is 47.3 Å². The second kappa shape index (κ2) is 13.3. The van der Waals surface area contributed by atoms with Crippen molar-refractivity contribution in [3.63, 3.8) is 0 Å². The topological polar surface area (TPSA) is 130 Å². The number of aliphatic hydroxyl groups is 1. The van der Waals surface area contributed by atoms with Gasteiger partial charge in [0.25, 0.3) is 5.91 Å². The number of halogens is 1. The Balaban J connectivity index is 2.12. The van der Waals surface area contributed by atoms with Gasteiger partial charge in [-0.1, -0.05) is 19.9 Å². The molecular weight excluding hydrogens is 443 g/mol. The standard InChI is InChI=1S/C24H33FN4O5/c1-4-33-19-7-5-8-20(23(19)25)34-17-14-22(31)29(15-17)18(13-16(2)3)24(32)28-21(26)9-11-27-10-6-12-30/h5,7-9,11,14,16,18,27,30H,4,6,10,12-13,15H2,1-3H3,(H2,26,28,32)/p-1/b11-9-/t18-/m0/s1. The summed E-state index contributed by atoms with van der Waals surface area (Å²) in [5.41, 5.74) is 0. The molecule has 1 aliphatic heterocycles. The Hall–Kier alpha value is -3.40. The fourth-order valence-electron chi connectivity index (χ4n) is 3.26. The molecule has 1 aliphatic rings. The van der Waals surface area contributed by atoms with E-state index in [2.05, 4.69) is 10.3 Å². The van der Waals surface area contributed by atoms with Gasteiger partial charge in [0, 0.05) is 25.4 Å². The summed E-state index contributed by atoms with van der Waals surface area (Å²) < 4.78 is 25.4. The van der Waals surface area contributed by atoms with Crippen molar-refractivity contribution >= 4 is 17.6 Å². The van der Waals surface area contributed by atoms with Gasteiger partial charge in [0.05, 0.1) is 19.2 Å². The van der Waals surface area contributed by atoms with E-state index in [-0.39, 0.29) is 42.2 Å². The van der Waals surface area contributed by atoms with Crippen LogP contribution < -0.4 is 19.9 Å². The normalized spacial score (nSPS) is 15.1. The van der Waals surface area contributed by atoms with Crippen LogP contribution in [0.25, 0.3) is 0 Å². The van der Waals surface area contributed by atoms with E-state index in [1.54, 1.807) is 13.0 Å². The molecule has 0 aromatic heterocycles. The number of benzene rings is 1. The van der Waals surface area contributed by atoms with Crippen molar-refractivity contribution in [2.75, 3.05) is 26.3 Å². The Labute approximate surface area is 199 Å². The van der Waals surface area contributed by atoms with Gasteiger partial charge in [-0.25, -0.2) is 4.99 Å². The minimum atomic E-state index is -0.888. The van der Waals surface area contributed by atoms with Gasteiger partial charge in [0.15, 0.2) is 11.5 Å². The Morgan fingerprint density at radius 1 is 1.41 bits per heavy atom. The zero-order valence-corrected chi connectivity index (χ0v) is 19.7. The molecule has 3 N–H and O–H groups in total. The van der Waals surface area contributed by atoms with Gasteiger partial charge in [-0.15, -0.1) is 0 Å². The van der Waals surface area contributed by atoms with Crippen molar-refractivity contribution in [1.29, 1.82) is 5.41 Å². The van der Waals surface area contributed by atoms with E-state index in [9.17, 15) is 14.3 Å². The molecule has 0 fully saturated rings. The van der Waals surface area contributed by atoms with Crippen LogP contribution in [0, 0.1) is 17.1 Å². The highest BCUT2D eigenvalue weighted by atomic mass is 19.1. The molecule has 1 heterocycles. The van der Waals surface area contributed by atoms with E-state index in [1.165, 1.54) is 35.4 Å². The molecule has 0 saturated carbocycles. The second-order valence-corrected chi connectivity index (χ2v) is 8.03. The van der Waals surface area contributed by atoms with Gasteiger partial charge >= 0.3 is 0 Å². The number of amides is 1. The molecule has 0 spiro atoms. The van der Waals surface area contributed by atoms with Crippen molar-refractivity contribution in [3.05, 3.63) is 48.1 Å². The molecule has 2 rings (SSSR count). The van der Waals surface area contributed by atoms with Gasteiger partial charge in [0.2, 0.25) is 5.82 Å². The van der Waals surface area contributed by atoms with Crippen LogP contribution in [-0.2, 0) is 4.79 Å². The lowest BCUT2D eigenvalue weighted by atomic mass is 10.0. The van der Waals surface area contributed by atoms with Crippen LogP contribution in [0.3, 0.4) is 0 Å². The van der Waals surface area contributed by atoms with Crippen molar-refractivity contribution < 1.29 is 28.9 Å². The maximum Gasteiger partial charge on any atom is 0.250 e. The monoisotopic (exact) mass is 475 g/mol. The summed E-state index contributed by atoms with van der Waals surface area (Å²) in [7, 11) is 0. The van der Waals surface area contributed by atoms with Crippen LogP contribution in [0.4, 0.5) is 4.39 Å². The molecule has 0 bridgehead atoms. The lowest BCUT2D eigenvalue weighted by molar-refractivity contribution is -0.224. The molecule has 10 heteroatoms. The Morgan fingerprint density at radius 2 is 2.15 bits per heavy atom. The summed E-state index contributed by atoms with van der Waals surface area (Å²) >= 11 is 0. The lowest BCUT2D eigenvalue weighted by Gasteiger charge is -2.33. The number of nitrogens with one attached hydrogen (secondary N) is 2. The highest BCUT2D eigenvalue weighted by Gasteiger charge is 2.31. The number of nitrogens with zero attached hydrogens (tertiary/aromatic N) is 2. The first-order chi connectivity index (χ1) is 16.3. The van der Waals surface area contributed by atoms with E-state index in [0.29, 0.717) is 26.0 Å². The van der Waals surface area contributed by atoms with Crippen LogP contribution >= 0.6 is 0 Å². The molecule has 0 aliphatic carbocycles. The minimum Gasteiger partial charge on any atom is -0.860 e. The molecule has 34 heavy (non-hydrogen) atoms. The van der Waals surface area contributed by atoms with E-state index in [1.807, 2.05) is 13.8 Å². The summed E-state index contributed by atoms with van der Waals surface area (Å²) in [5, 5.41) is 32.4. The summed E-state index contributed by atoms with van der Waals surface area (Å²) in [6.45, 7) is 6.40. The van der Waals surface area contributed by atoms with Crippen molar-refractivity contribution in [2.24, 2.45) is 10.9 Å². The molecule has 9 nitrogen and oxygen atoms in total. The van der Waals surface area contributed by atoms with Crippen molar-refractivity contribution in [1.82, 2.24) is 10.2 Å². The molecule has 0 radical (unpaired) electrons. The zero-order chi connectivity index (χ0) is 25.1. The van der Waals surface area contributed by atoms with Gasteiger partial charge in [-0.05, 0) is 49.8 Å². The number of ether oxygens (including phenoxy) is 2. The van der Waals surface area contributed by atoms with Crippen LogP contribution in [0.1, 0.15) is 33.6 Å². The number of hydrogen-bond acceptors (Lipinski definition) is 7. The number of rotatable bonds is 13. The van der Waals surface area contributed by atoms with E-state index < -0.39 is 23.7 Å². The third-order valence-corrected chi connectivity index (χ3v) is 4.79. The largest absolute Gasteiger partial charge is 0.860 e. The quantitative estimate of drug-likeness (QED) is 0.227. The Kier molecular flexibility index (Phi) is 10.5. The van der Waals surface area contributed by atoms with Gasteiger partial charge in [-0.3, -0.25) is 10.2 Å². The number of aliphatic hydroxyl groups excluding tert-OH is 1. The molecule has 1 amide bonds. The van der Waals surface area contributed by atoms with Gasteiger partial charge in [0.1, 0.15) is 11.6 Å². The zero-order valence-electron chi connectivity index (χ0n) is 19.7. The maximum atomic E-state index is 14.6. The van der Waals surface area contributed by atoms with Crippen LogP contribution in [-0.4, -0.2) is 60.0 Å². The van der Waals surface area contributed by atoms with Gasteiger partial charge < -0.3 is 29.9 Å². The van der Waals surface area contributed by atoms with E-state index in [0.717, 1.165) is 0 Å². The number of carbonyl (C=O) groups is 1. The number of amidine groups is 1. The molecular formula is C24H32FN4O5-. The number of carbonyl (C=O) groups excluding carboxylic acids is 1. The molecule has 1 aromatic rings. The molecule has 0 saturated heterocycles. The molecule has 0 unspecified atom stereocenters. The Morgan fingerprint density at radius 3 is 2.82 bits per heavy atom. The molecule has 186 valence electrons. The second-order valence-electron chi connectivity index (χ2n) is 8.03. The Bertz CT molecular complexity index is 945. The van der Waals surface area contributed by atoms with Crippen LogP contribution in [0.2, 0.25) is 0 Å². The summed E-state index contributed by atoms with van der Waals surface area (Å²) in [6.07, 6.45) is 4.93. The van der Waals surface area contributed by atoms with E-state index >= 15 is 0 Å². The third-order valence-electron chi connectivity index (χ3n) is 4.79. The smallest absolute Gasteiger partial charge is 0.250 e. The predicted molar refractivity (Wildman–Crippen MR) is 125 cm³/mol. The lowest BCUT2D eigenvalue weighted by Crippen LogP contribution is -2.48. The SMILES string of the molecule is CCOc1cccc(OC2=CC(=O)N([C@@H](CC(C)C)C([O-])=NC(=N)/C=C\NCCCO)C2)c1F. The highest BCUT2D eigenvalue weighted by Crippen LogP contribution is 2.29. The fourth-order valence-corrected chi connectivity index (χ4v) is 3.26. The summed E-state index contributed by atoms with van der Waals surface area (Å²) in [4.78, 5) is 17.8.